The third kappa shape index (κ3) is 0.642. The normalized spacial score (nSPS) is 31.4. The fourth-order valence-corrected chi connectivity index (χ4v) is 1.81. The Bertz CT molecular complexity index is 413. The van der Waals surface area contributed by atoms with Crippen molar-refractivity contribution >= 4 is 12.2 Å². The van der Waals surface area contributed by atoms with E-state index in [9.17, 15) is 0 Å². The van der Waals surface area contributed by atoms with Gasteiger partial charge in [-0.2, -0.15) is 0 Å². The number of aryl methyl sites for hydroxylation is 1. The first-order chi connectivity index (χ1) is 5.34. The van der Waals surface area contributed by atoms with Crippen molar-refractivity contribution in [2.45, 2.75) is 6.42 Å². The maximum absolute atomic E-state index is 4.31. The minimum absolute atomic E-state index is 0.817. The van der Waals surface area contributed by atoms with Crippen LogP contribution in [0.25, 0.3) is 12.2 Å². The first kappa shape index (κ1) is 5.58. The van der Waals surface area contributed by atoms with Crippen LogP contribution in [0.5, 0.6) is 0 Å². The summed E-state index contributed by atoms with van der Waals surface area (Å²) in [5.74, 6) is 1.65. The minimum atomic E-state index is 0.817. The second-order valence-electron chi connectivity index (χ2n) is 3.52. The van der Waals surface area contributed by atoms with Crippen LogP contribution in [-0.4, -0.2) is 9.55 Å². The SMILES string of the molecule is Cn1cnc2c1=CC1CC1C=2. The van der Waals surface area contributed by atoms with Crippen molar-refractivity contribution in [3.05, 3.63) is 17.0 Å². The van der Waals surface area contributed by atoms with Gasteiger partial charge < -0.3 is 4.57 Å². The minimum Gasteiger partial charge on any atom is -0.334 e. The second-order valence-corrected chi connectivity index (χ2v) is 3.52. The highest BCUT2D eigenvalue weighted by atomic mass is 15.0. The molecular weight excluding hydrogens is 136 g/mol. The number of fused-ring (bicyclic) bond motifs is 2. The molecule has 1 heterocycles. The van der Waals surface area contributed by atoms with E-state index in [1.165, 1.54) is 17.1 Å². The number of rotatable bonds is 0. The van der Waals surface area contributed by atoms with Gasteiger partial charge in [0.1, 0.15) is 0 Å². The molecule has 0 aliphatic heterocycles. The number of imidazole rings is 1. The predicted molar refractivity (Wildman–Crippen MR) is 43.0 cm³/mol. The van der Waals surface area contributed by atoms with Crippen LogP contribution in [0.1, 0.15) is 6.42 Å². The molecule has 0 N–H and O–H groups in total. The van der Waals surface area contributed by atoms with E-state index in [1.807, 2.05) is 6.33 Å². The summed E-state index contributed by atoms with van der Waals surface area (Å²) >= 11 is 0. The molecule has 2 aliphatic rings. The molecule has 2 unspecified atom stereocenters. The fourth-order valence-electron chi connectivity index (χ4n) is 1.81. The molecule has 2 nitrogen and oxygen atoms in total. The molecule has 1 saturated carbocycles. The van der Waals surface area contributed by atoms with Crippen molar-refractivity contribution in [2.75, 3.05) is 0 Å². The van der Waals surface area contributed by atoms with Crippen molar-refractivity contribution in [1.82, 2.24) is 9.55 Å². The highest BCUT2D eigenvalue weighted by molar-refractivity contribution is 5.46. The molecule has 11 heavy (non-hydrogen) atoms. The lowest BCUT2D eigenvalue weighted by Gasteiger charge is -1.93. The van der Waals surface area contributed by atoms with Crippen LogP contribution in [0.3, 0.4) is 0 Å². The van der Waals surface area contributed by atoms with E-state index in [-0.39, 0.29) is 0 Å². The van der Waals surface area contributed by atoms with E-state index in [2.05, 4.69) is 28.8 Å². The molecule has 2 aliphatic carbocycles. The molecule has 3 rings (SSSR count). The third-order valence-corrected chi connectivity index (χ3v) is 2.65. The van der Waals surface area contributed by atoms with Crippen molar-refractivity contribution in [2.24, 2.45) is 18.9 Å². The average molecular weight is 146 g/mol. The fraction of sp³-hybridized carbons (Fsp3) is 0.444. The Kier molecular flexibility index (Phi) is 0.799. The molecule has 1 aromatic heterocycles. The molecule has 0 aromatic carbocycles. The van der Waals surface area contributed by atoms with Gasteiger partial charge in [-0.15, -0.1) is 0 Å². The van der Waals surface area contributed by atoms with Gasteiger partial charge >= 0.3 is 0 Å². The molecule has 0 saturated heterocycles. The Morgan fingerprint density at radius 1 is 1.45 bits per heavy atom. The highest BCUT2D eigenvalue weighted by Crippen LogP contribution is 2.41. The van der Waals surface area contributed by atoms with Gasteiger partial charge in [0.15, 0.2) is 0 Å². The zero-order valence-electron chi connectivity index (χ0n) is 6.49. The molecule has 1 aromatic rings. The van der Waals surface area contributed by atoms with E-state index in [4.69, 9.17) is 0 Å². The Morgan fingerprint density at radius 2 is 2.27 bits per heavy atom. The zero-order chi connectivity index (χ0) is 7.42. The monoisotopic (exact) mass is 146 g/mol. The van der Waals surface area contributed by atoms with Crippen LogP contribution in [0.4, 0.5) is 0 Å². The first-order valence-corrected chi connectivity index (χ1v) is 4.05. The quantitative estimate of drug-likeness (QED) is 0.488. The number of hydrogen-bond acceptors (Lipinski definition) is 1. The topological polar surface area (TPSA) is 17.8 Å². The van der Waals surface area contributed by atoms with Gasteiger partial charge in [0.2, 0.25) is 0 Å². The van der Waals surface area contributed by atoms with Crippen molar-refractivity contribution in [3.8, 4) is 0 Å². The van der Waals surface area contributed by atoms with Crippen LogP contribution in [-0.2, 0) is 7.05 Å². The van der Waals surface area contributed by atoms with Gasteiger partial charge in [-0.05, 0) is 18.3 Å². The van der Waals surface area contributed by atoms with Crippen LogP contribution >= 0.6 is 0 Å². The van der Waals surface area contributed by atoms with E-state index in [0.717, 1.165) is 11.8 Å². The first-order valence-electron chi connectivity index (χ1n) is 4.05. The van der Waals surface area contributed by atoms with Gasteiger partial charge in [0.25, 0.3) is 0 Å². The van der Waals surface area contributed by atoms with Crippen LogP contribution in [0.2, 0.25) is 0 Å². The van der Waals surface area contributed by atoms with Crippen molar-refractivity contribution in [1.29, 1.82) is 0 Å². The lowest BCUT2D eigenvalue weighted by atomic mass is 10.2. The molecule has 0 bridgehead atoms. The Morgan fingerprint density at radius 3 is 3.18 bits per heavy atom. The van der Waals surface area contributed by atoms with E-state index in [1.54, 1.807) is 0 Å². The third-order valence-electron chi connectivity index (χ3n) is 2.65. The highest BCUT2D eigenvalue weighted by Gasteiger charge is 2.35. The lowest BCUT2D eigenvalue weighted by Crippen LogP contribution is -2.31. The summed E-state index contributed by atoms with van der Waals surface area (Å²) < 4.78 is 2.10. The van der Waals surface area contributed by atoms with Gasteiger partial charge in [-0.1, -0.05) is 12.2 Å². The van der Waals surface area contributed by atoms with E-state index < -0.39 is 0 Å². The maximum Gasteiger partial charge on any atom is 0.0955 e. The second kappa shape index (κ2) is 1.58. The van der Waals surface area contributed by atoms with Gasteiger partial charge in [-0.25, -0.2) is 4.98 Å². The molecule has 0 amide bonds. The summed E-state index contributed by atoms with van der Waals surface area (Å²) in [6.45, 7) is 0. The summed E-state index contributed by atoms with van der Waals surface area (Å²) in [7, 11) is 2.05. The van der Waals surface area contributed by atoms with Crippen LogP contribution in [0.15, 0.2) is 6.33 Å². The lowest BCUT2D eigenvalue weighted by molar-refractivity contribution is 0.869. The van der Waals surface area contributed by atoms with Gasteiger partial charge in [0.05, 0.1) is 17.0 Å². The summed E-state index contributed by atoms with van der Waals surface area (Å²) in [6.07, 6.45) is 7.89. The zero-order valence-corrected chi connectivity index (χ0v) is 6.49. The van der Waals surface area contributed by atoms with Crippen molar-refractivity contribution in [3.63, 3.8) is 0 Å². The molecular formula is C9H10N2. The number of aromatic nitrogens is 2. The largest absolute Gasteiger partial charge is 0.334 e. The van der Waals surface area contributed by atoms with Crippen LogP contribution in [0, 0.1) is 11.8 Å². The number of hydrogen-bond donors (Lipinski definition) is 0. The van der Waals surface area contributed by atoms with E-state index >= 15 is 0 Å². The van der Waals surface area contributed by atoms with E-state index in [0.29, 0.717) is 0 Å². The summed E-state index contributed by atoms with van der Waals surface area (Å²) in [6, 6.07) is 0. The number of nitrogens with zero attached hydrogens (tertiary/aromatic N) is 2. The predicted octanol–water partition coefficient (Wildman–Crippen LogP) is -0.369. The van der Waals surface area contributed by atoms with Gasteiger partial charge in [-0.3, -0.25) is 0 Å². The molecule has 1 fully saturated rings. The molecule has 56 valence electrons. The standard InChI is InChI=1S/C9H10N2/c1-11-5-10-8-3-6-2-7(6)4-9(8)11/h3-7H,2H2,1H3. The Hall–Kier alpha value is -1.05. The average Bonchev–Trinajstić information content (AvgIpc) is 2.68. The summed E-state index contributed by atoms with van der Waals surface area (Å²) in [5, 5.41) is 2.50. The molecule has 2 heteroatoms. The smallest absolute Gasteiger partial charge is 0.0955 e. The van der Waals surface area contributed by atoms with Crippen molar-refractivity contribution < 1.29 is 0 Å². The summed E-state index contributed by atoms with van der Waals surface area (Å²) in [4.78, 5) is 4.31. The van der Waals surface area contributed by atoms with Gasteiger partial charge in [0, 0.05) is 7.05 Å². The molecule has 0 radical (unpaired) electrons. The molecule has 2 atom stereocenters. The summed E-state index contributed by atoms with van der Waals surface area (Å²) in [5.41, 5.74) is 0. The Balaban J connectivity index is 2.45. The van der Waals surface area contributed by atoms with Crippen LogP contribution < -0.4 is 10.7 Å². The maximum atomic E-state index is 4.31. The Labute approximate surface area is 64.9 Å². The molecule has 0 spiro atoms.